The lowest BCUT2D eigenvalue weighted by Gasteiger charge is -2.30. The highest BCUT2D eigenvalue weighted by molar-refractivity contribution is 7.85. The molecular weight excluding hydrogens is 356 g/mol. The van der Waals surface area contributed by atoms with Crippen LogP contribution >= 0.6 is 0 Å². The third-order valence-electron chi connectivity index (χ3n) is 6.16. The normalized spacial score (nSPS) is 26.5. The van der Waals surface area contributed by atoms with Gasteiger partial charge in [0, 0.05) is 35.1 Å². The Labute approximate surface area is 165 Å². The van der Waals surface area contributed by atoms with E-state index in [2.05, 4.69) is 32.9 Å². The highest BCUT2D eigenvalue weighted by Gasteiger charge is 2.32. The highest BCUT2D eigenvalue weighted by Crippen LogP contribution is 2.39. The number of aliphatic hydroxyl groups excluding tert-OH is 1. The fourth-order valence-corrected chi connectivity index (χ4v) is 6.19. The molecule has 1 aromatic carbocycles. The van der Waals surface area contributed by atoms with Gasteiger partial charge in [0.05, 0.1) is 5.57 Å². The summed E-state index contributed by atoms with van der Waals surface area (Å²) in [6.07, 6.45) is 5.79. The number of allylic oxidation sites excluding steroid dienone is 2. The molecule has 1 saturated heterocycles. The van der Waals surface area contributed by atoms with Crippen molar-refractivity contribution in [1.29, 1.82) is 0 Å². The van der Waals surface area contributed by atoms with Crippen molar-refractivity contribution < 1.29 is 14.1 Å². The lowest BCUT2D eigenvalue weighted by atomic mass is 9.76. The minimum atomic E-state index is -0.647. The zero-order chi connectivity index (χ0) is 19.6. The van der Waals surface area contributed by atoms with Crippen molar-refractivity contribution in [3.05, 3.63) is 40.1 Å². The highest BCUT2D eigenvalue weighted by atomic mass is 32.2. The molecule has 1 atom stereocenters. The van der Waals surface area contributed by atoms with Gasteiger partial charge in [0.25, 0.3) is 0 Å². The maximum atomic E-state index is 13.1. The number of benzene rings is 1. The maximum Gasteiger partial charge on any atom is 0.167 e. The van der Waals surface area contributed by atoms with Crippen LogP contribution in [0.25, 0.3) is 5.57 Å². The summed E-state index contributed by atoms with van der Waals surface area (Å²) in [6.45, 7) is 6.31. The Kier molecular flexibility index (Phi) is 6.56. The van der Waals surface area contributed by atoms with Gasteiger partial charge in [0.2, 0.25) is 0 Å². The van der Waals surface area contributed by atoms with E-state index in [9.17, 15) is 14.1 Å². The summed E-state index contributed by atoms with van der Waals surface area (Å²) in [7, 11) is -0.647. The molecule has 0 amide bonds. The van der Waals surface area contributed by atoms with Crippen molar-refractivity contribution in [2.45, 2.75) is 65.7 Å². The van der Waals surface area contributed by atoms with E-state index >= 15 is 0 Å². The summed E-state index contributed by atoms with van der Waals surface area (Å²) in [5.41, 5.74) is 5.09. The summed E-state index contributed by atoms with van der Waals surface area (Å²) >= 11 is 0. The van der Waals surface area contributed by atoms with Gasteiger partial charge in [0.1, 0.15) is 5.76 Å². The Morgan fingerprint density at radius 1 is 1.04 bits per heavy atom. The van der Waals surface area contributed by atoms with Crippen LogP contribution in [0.1, 0.15) is 68.2 Å². The van der Waals surface area contributed by atoms with E-state index in [4.69, 9.17) is 0 Å². The van der Waals surface area contributed by atoms with Gasteiger partial charge in [-0.3, -0.25) is 9.00 Å². The van der Waals surface area contributed by atoms with Crippen LogP contribution in [0.2, 0.25) is 0 Å². The predicted octanol–water partition coefficient (Wildman–Crippen LogP) is 4.92. The van der Waals surface area contributed by atoms with Crippen LogP contribution in [0, 0.1) is 18.8 Å². The van der Waals surface area contributed by atoms with Gasteiger partial charge in [-0.25, -0.2) is 0 Å². The third-order valence-corrected chi connectivity index (χ3v) is 7.54. The van der Waals surface area contributed by atoms with E-state index in [0.717, 1.165) is 60.3 Å². The molecule has 1 fully saturated rings. The standard InChI is InChI=1S/C23H32O3S/c1-4-18-10-15(3)11-19(5-2)22(18)23-20(24)13-17(14-21(23)25)12-16-6-8-27(26)9-7-16/h10-11,16-17,24H,4-9,12-14H2,1-3H3. The van der Waals surface area contributed by atoms with Crippen molar-refractivity contribution >= 4 is 22.2 Å². The molecule has 1 aromatic rings. The number of hydrogen-bond donors (Lipinski definition) is 1. The Hall–Kier alpha value is -1.42. The molecule has 4 heteroatoms. The lowest BCUT2D eigenvalue weighted by molar-refractivity contribution is -0.115. The Morgan fingerprint density at radius 2 is 1.63 bits per heavy atom. The van der Waals surface area contributed by atoms with Gasteiger partial charge < -0.3 is 5.11 Å². The second-order valence-electron chi connectivity index (χ2n) is 8.21. The predicted molar refractivity (Wildman–Crippen MR) is 112 cm³/mol. The number of carbonyl (C=O) groups is 1. The molecule has 1 aliphatic heterocycles. The quantitative estimate of drug-likeness (QED) is 0.779. The molecule has 0 radical (unpaired) electrons. The number of carbonyl (C=O) groups excluding carboxylic acids is 1. The first kappa shape index (κ1) is 20.3. The lowest BCUT2D eigenvalue weighted by Crippen LogP contribution is -2.25. The van der Waals surface area contributed by atoms with Gasteiger partial charge in [-0.15, -0.1) is 0 Å². The van der Waals surface area contributed by atoms with Crippen LogP contribution in [-0.2, 0) is 28.4 Å². The molecule has 2 aliphatic rings. The van der Waals surface area contributed by atoms with Crippen molar-refractivity contribution in [1.82, 2.24) is 0 Å². The van der Waals surface area contributed by atoms with Crippen LogP contribution < -0.4 is 0 Å². The summed E-state index contributed by atoms with van der Waals surface area (Å²) in [4.78, 5) is 13.1. The van der Waals surface area contributed by atoms with E-state index in [0.29, 0.717) is 24.3 Å². The topological polar surface area (TPSA) is 54.4 Å². The van der Waals surface area contributed by atoms with Gasteiger partial charge in [-0.2, -0.15) is 0 Å². The van der Waals surface area contributed by atoms with Crippen molar-refractivity contribution in [3.63, 3.8) is 0 Å². The monoisotopic (exact) mass is 388 g/mol. The number of ketones is 1. The second-order valence-corrected chi connectivity index (χ2v) is 9.91. The molecule has 3 rings (SSSR count). The number of hydrogen-bond acceptors (Lipinski definition) is 3. The smallest absolute Gasteiger partial charge is 0.167 e. The van der Waals surface area contributed by atoms with Crippen LogP contribution in [0.4, 0.5) is 0 Å². The summed E-state index contributed by atoms with van der Waals surface area (Å²) in [5.74, 6) is 2.73. The van der Waals surface area contributed by atoms with Crippen molar-refractivity contribution in [2.24, 2.45) is 11.8 Å². The molecule has 1 aliphatic carbocycles. The Bertz CT molecular complexity index is 743. The summed E-state index contributed by atoms with van der Waals surface area (Å²) in [5, 5.41) is 10.9. The molecule has 0 saturated carbocycles. The Balaban J connectivity index is 1.85. The van der Waals surface area contributed by atoms with Crippen LogP contribution in [0.3, 0.4) is 0 Å². The van der Waals surface area contributed by atoms with Crippen LogP contribution in [0.5, 0.6) is 0 Å². The number of aryl methyl sites for hydroxylation is 3. The van der Waals surface area contributed by atoms with Crippen LogP contribution in [0.15, 0.2) is 17.9 Å². The molecule has 27 heavy (non-hydrogen) atoms. The molecule has 3 nitrogen and oxygen atoms in total. The molecule has 0 spiro atoms. The van der Waals surface area contributed by atoms with E-state index in [1.165, 1.54) is 5.56 Å². The fraction of sp³-hybridized carbons (Fsp3) is 0.609. The minimum Gasteiger partial charge on any atom is -0.512 e. The van der Waals surface area contributed by atoms with Gasteiger partial charge in [-0.1, -0.05) is 31.5 Å². The zero-order valence-corrected chi connectivity index (χ0v) is 17.7. The average Bonchev–Trinajstić information content (AvgIpc) is 2.63. The average molecular weight is 389 g/mol. The van der Waals surface area contributed by atoms with Crippen LogP contribution in [-0.4, -0.2) is 26.6 Å². The van der Waals surface area contributed by atoms with Crippen molar-refractivity contribution in [3.8, 4) is 0 Å². The minimum absolute atomic E-state index is 0.0939. The summed E-state index contributed by atoms with van der Waals surface area (Å²) < 4.78 is 11.6. The van der Waals surface area contributed by atoms with E-state index in [1.54, 1.807) is 0 Å². The molecule has 1 unspecified atom stereocenters. The molecule has 0 bridgehead atoms. The van der Waals surface area contributed by atoms with Crippen molar-refractivity contribution in [2.75, 3.05) is 11.5 Å². The maximum absolute atomic E-state index is 13.1. The van der Waals surface area contributed by atoms with E-state index in [1.807, 2.05) is 0 Å². The first-order valence-electron chi connectivity index (χ1n) is 10.4. The van der Waals surface area contributed by atoms with Gasteiger partial charge in [-0.05, 0) is 67.6 Å². The molecule has 148 valence electrons. The molecular formula is C23H32O3S. The largest absolute Gasteiger partial charge is 0.512 e. The molecule has 1 N–H and O–H groups in total. The van der Waals surface area contributed by atoms with Gasteiger partial charge >= 0.3 is 0 Å². The van der Waals surface area contributed by atoms with Gasteiger partial charge in [0.15, 0.2) is 5.78 Å². The number of Topliss-reactive ketones (excluding diaryl/α,β-unsaturated/α-hetero) is 1. The van der Waals surface area contributed by atoms with E-state index in [-0.39, 0.29) is 17.5 Å². The number of rotatable bonds is 5. The molecule has 1 heterocycles. The first-order valence-corrected chi connectivity index (χ1v) is 11.8. The SMILES string of the molecule is CCc1cc(C)cc(CC)c1C1=C(O)CC(CC2CCS(=O)CC2)CC1=O. The number of aliphatic hydroxyl groups is 1. The molecule has 0 aromatic heterocycles. The third kappa shape index (κ3) is 4.53. The summed E-state index contributed by atoms with van der Waals surface area (Å²) in [6, 6.07) is 4.30. The second kappa shape index (κ2) is 8.72. The van der Waals surface area contributed by atoms with E-state index < -0.39 is 10.8 Å². The fourth-order valence-electron chi connectivity index (χ4n) is 4.79. The Morgan fingerprint density at radius 3 is 2.15 bits per heavy atom. The first-order chi connectivity index (χ1) is 12.9. The zero-order valence-electron chi connectivity index (χ0n) is 16.8.